The van der Waals surface area contributed by atoms with Gasteiger partial charge in [-0.25, -0.2) is 0 Å². The van der Waals surface area contributed by atoms with Gasteiger partial charge in [0.05, 0.1) is 12.8 Å². The van der Waals surface area contributed by atoms with Gasteiger partial charge in [0.2, 0.25) is 5.91 Å². The van der Waals surface area contributed by atoms with E-state index in [4.69, 9.17) is 16.0 Å². The highest BCUT2D eigenvalue weighted by atomic mass is 35.5. The third-order valence-corrected chi connectivity index (χ3v) is 4.37. The molecule has 2 N–H and O–H groups in total. The summed E-state index contributed by atoms with van der Waals surface area (Å²) in [5.41, 5.74) is 4.78. The van der Waals surface area contributed by atoms with Crippen LogP contribution in [0.2, 0.25) is 5.02 Å². The van der Waals surface area contributed by atoms with Crippen LogP contribution in [0.25, 0.3) is 33.0 Å². The first-order valence-electron chi connectivity index (χ1n) is 7.63. The predicted octanol–water partition coefficient (Wildman–Crippen LogP) is 4.87. The van der Waals surface area contributed by atoms with Crippen LogP contribution in [0.3, 0.4) is 0 Å². The Balaban J connectivity index is 1.77. The first-order chi connectivity index (χ1) is 11.6. The Morgan fingerprint density at radius 1 is 1.17 bits per heavy atom. The zero-order chi connectivity index (χ0) is 16.7. The maximum Gasteiger partial charge on any atom is 0.217 e. The Hall–Kier alpha value is -2.72. The van der Waals surface area contributed by atoms with Crippen LogP contribution in [-0.2, 0) is 11.3 Å². The molecule has 0 radical (unpaired) electrons. The topological polar surface area (TPSA) is 58.0 Å². The molecular formula is C19H15ClN2O2. The van der Waals surface area contributed by atoms with Crippen LogP contribution < -0.4 is 5.32 Å². The second-order valence-corrected chi connectivity index (χ2v) is 6.20. The molecule has 2 aromatic carbocycles. The number of halogens is 1. The second-order valence-electron chi connectivity index (χ2n) is 5.80. The average Bonchev–Trinajstić information content (AvgIpc) is 3.17. The Labute approximate surface area is 143 Å². The summed E-state index contributed by atoms with van der Waals surface area (Å²) in [6.45, 7) is 1.97. The molecule has 4 nitrogen and oxygen atoms in total. The van der Waals surface area contributed by atoms with Crippen molar-refractivity contribution in [1.82, 2.24) is 10.3 Å². The summed E-state index contributed by atoms with van der Waals surface area (Å²) in [6.07, 6.45) is 1.68. The van der Waals surface area contributed by atoms with Gasteiger partial charge in [0, 0.05) is 39.5 Å². The third kappa shape index (κ3) is 2.65. The van der Waals surface area contributed by atoms with Crippen LogP contribution in [0.15, 0.2) is 53.1 Å². The summed E-state index contributed by atoms with van der Waals surface area (Å²) in [5.74, 6) is -0.0548. The smallest absolute Gasteiger partial charge is 0.217 e. The van der Waals surface area contributed by atoms with E-state index in [9.17, 15) is 4.79 Å². The highest BCUT2D eigenvalue weighted by Crippen LogP contribution is 2.34. The van der Waals surface area contributed by atoms with E-state index in [1.54, 1.807) is 6.26 Å². The molecule has 2 aromatic heterocycles. The molecule has 5 heteroatoms. The van der Waals surface area contributed by atoms with E-state index in [1.807, 2.05) is 36.4 Å². The van der Waals surface area contributed by atoms with Gasteiger partial charge in [-0.15, -0.1) is 0 Å². The quantitative estimate of drug-likeness (QED) is 0.560. The van der Waals surface area contributed by atoms with Crippen molar-refractivity contribution in [3.63, 3.8) is 0 Å². The number of carbonyl (C=O) groups is 1. The van der Waals surface area contributed by atoms with E-state index in [-0.39, 0.29) is 5.91 Å². The number of amides is 1. The summed E-state index contributed by atoms with van der Waals surface area (Å²) in [6, 6.07) is 13.9. The SMILES string of the molecule is CC(=O)NCc1cc2cc(Cl)c(-c3ccc4occc4c3)cc2[nH]1. The highest BCUT2D eigenvalue weighted by Gasteiger charge is 2.10. The maximum atomic E-state index is 11.1. The summed E-state index contributed by atoms with van der Waals surface area (Å²) in [7, 11) is 0. The van der Waals surface area contributed by atoms with Crippen molar-refractivity contribution in [2.75, 3.05) is 0 Å². The summed E-state index contributed by atoms with van der Waals surface area (Å²) >= 11 is 6.49. The molecule has 0 spiro atoms. The number of rotatable bonds is 3. The van der Waals surface area contributed by atoms with E-state index in [0.717, 1.165) is 38.7 Å². The molecule has 0 saturated carbocycles. The number of aromatic amines is 1. The molecule has 0 aliphatic carbocycles. The summed E-state index contributed by atoms with van der Waals surface area (Å²) in [5, 5.41) is 5.54. The van der Waals surface area contributed by atoms with Gasteiger partial charge >= 0.3 is 0 Å². The van der Waals surface area contributed by atoms with Gasteiger partial charge in [-0.3, -0.25) is 4.79 Å². The molecule has 0 unspecified atom stereocenters. The highest BCUT2D eigenvalue weighted by molar-refractivity contribution is 6.34. The molecule has 0 bridgehead atoms. The fourth-order valence-electron chi connectivity index (χ4n) is 2.88. The molecule has 0 fully saturated rings. The molecule has 0 aliphatic heterocycles. The zero-order valence-electron chi connectivity index (χ0n) is 13.0. The number of benzene rings is 2. The molecule has 120 valence electrons. The molecule has 0 aliphatic rings. The Kier molecular flexibility index (Phi) is 3.54. The lowest BCUT2D eigenvalue weighted by Crippen LogP contribution is -2.18. The number of nitrogens with one attached hydrogen (secondary N) is 2. The first kappa shape index (κ1) is 14.8. The minimum Gasteiger partial charge on any atom is -0.464 e. The largest absolute Gasteiger partial charge is 0.464 e. The van der Waals surface area contributed by atoms with Crippen molar-refractivity contribution in [3.8, 4) is 11.1 Å². The normalized spacial score (nSPS) is 11.2. The van der Waals surface area contributed by atoms with Crippen LogP contribution in [0.4, 0.5) is 0 Å². The van der Waals surface area contributed by atoms with E-state index in [1.165, 1.54) is 6.92 Å². The number of carbonyl (C=O) groups excluding carboxylic acids is 1. The van der Waals surface area contributed by atoms with Crippen LogP contribution in [0.1, 0.15) is 12.6 Å². The number of hydrogen-bond acceptors (Lipinski definition) is 2. The molecule has 1 amide bonds. The van der Waals surface area contributed by atoms with E-state index in [0.29, 0.717) is 11.6 Å². The van der Waals surface area contributed by atoms with Gasteiger partial charge in [0.25, 0.3) is 0 Å². The predicted molar refractivity (Wildman–Crippen MR) is 96.0 cm³/mol. The van der Waals surface area contributed by atoms with Crippen LogP contribution in [-0.4, -0.2) is 10.9 Å². The lowest BCUT2D eigenvalue weighted by molar-refractivity contribution is -0.119. The summed E-state index contributed by atoms with van der Waals surface area (Å²) < 4.78 is 5.39. The van der Waals surface area contributed by atoms with Gasteiger partial charge in [-0.1, -0.05) is 17.7 Å². The van der Waals surface area contributed by atoms with E-state index in [2.05, 4.69) is 16.4 Å². The molecular weight excluding hydrogens is 324 g/mol. The molecule has 4 rings (SSSR count). The lowest BCUT2D eigenvalue weighted by Gasteiger charge is -2.05. The monoisotopic (exact) mass is 338 g/mol. The maximum absolute atomic E-state index is 11.1. The molecule has 0 saturated heterocycles. The van der Waals surface area contributed by atoms with Gasteiger partial charge < -0.3 is 14.7 Å². The van der Waals surface area contributed by atoms with Gasteiger partial charge in [-0.05, 0) is 42.0 Å². The van der Waals surface area contributed by atoms with Crippen LogP contribution in [0, 0.1) is 0 Å². The fraction of sp³-hybridized carbons (Fsp3) is 0.105. The molecule has 0 atom stereocenters. The van der Waals surface area contributed by atoms with Gasteiger partial charge in [0.1, 0.15) is 5.58 Å². The van der Waals surface area contributed by atoms with Crippen molar-refractivity contribution >= 4 is 39.4 Å². The number of hydrogen-bond donors (Lipinski definition) is 2. The van der Waals surface area contributed by atoms with Crippen LogP contribution in [0.5, 0.6) is 0 Å². The summed E-state index contributed by atoms with van der Waals surface area (Å²) in [4.78, 5) is 14.4. The van der Waals surface area contributed by atoms with Crippen molar-refractivity contribution in [2.24, 2.45) is 0 Å². The van der Waals surface area contributed by atoms with E-state index >= 15 is 0 Å². The van der Waals surface area contributed by atoms with Crippen LogP contribution >= 0.6 is 11.6 Å². The molecule has 4 aromatic rings. The zero-order valence-corrected chi connectivity index (χ0v) is 13.8. The Bertz CT molecular complexity index is 1060. The number of fused-ring (bicyclic) bond motifs is 2. The van der Waals surface area contributed by atoms with Crippen molar-refractivity contribution in [3.05, 3.63) is 59.4 Å². The number of aromatic nitrogens is 1. The Morgan fingerprint density at radius 2 is 2.04 bits per heavy atom. The minimum absolute atomic E-state index is 0.0548. The standard InChI is InChI=1S/C19H15ClN2O2/c1-11(23)21-10-15-7-14-8-17(20)16(9-18(14)22-15)12-2-3-19-13(6-12)4-5-24-19/h2-9,22H,10H2,1H3,(H,21,23). The van der Waals surface area contributed by atoms with Crippen molar-refractivity contribution in [2.45, 2.75) is 13.5 Å². The lowest BCUT2D eigenvalue weighted by atomic mass is 10.0. The number of H-pyrrole nitrogens is 1. The molecule has 24 heavy (non-hydrogen) atoms. The second kappa shape index (κ2) is 5.73. The Morgan fingerprint density at radius 3 is 2.88 bits per heavy atom. The number of furan rings is 1. The molecule has 2 heterocycles. The average molecular weight is 339 g/mol. The van der Waals surface area contributed by atoms with Crippen molar-refractivity contribution < 1.29 is 9.21 Å². The first-order valence-corrected chi connectivity index (χ1v) is 8.01. The van der Waals surface area contributed by atoms with Gasteiger partial charge in [0.15, 0.2) is 0 Å². The van der Waals surface area contributed by atoms with E-state index < -0.39 is 0 Å². The van der Waals surface area contributed by atoms with Gasteiger partial charge in [-0.2, -0.15) is 0 Å². The van der Waals surface area contributed by atoms with Crippen molar-refractivity contribution in [1.29, 1.82) is 0 Å². The third-order valence-electron chi connectivity index (χ3n) is 4.06. The minimum atomic E-state index is -0.0548. The fourth-order valence-corrected chi connectivity index (χ4v) is 3.16.